The fourth-order valence-electron chi connectivity index (χ4n) is 5.93. The number of nitrogens with zero attached hydrogens (tertiary/aromatic N) is 3. The van der Waals surface area contributed by atoms with E-state index in [2.05, 4.69) is 18.7 Å². The molecule has 0 aromatic heterocycles. The summed E-state index contributed by atoms with van der Waals surface area (Å²) in [5.41, 5.74) is 2.35. The molecule has 37 heavy (non-hydrogen) atoms. The molecule has 1 fully saturated rings. The zero-order valence-corrected chi connectivity index (χ0v) is 23.2. The van der Waals surface area contributed by atoms with Crippen LogP contribution in [-0.4, -0.2) is 65.4 Å². The number of carbonyl (C=O) groups is 3. The molecule has 1 heterocycles. The highest BCUT2D eigenvalue weighted by Gasteiger charge is 2.26. The Morgan fingerprint density at radius 1 is 0.973 bits per heavy atom. The Bertz CT molecular complexity index is 910. The predicted octanol–water partition coefficient (Wildman–Crippen LogP) is 5.57. The van der Waals surface area contributed by atoms with Gasteiger partial charge in [0.25, 0.3) is 5.91 Å². The minimum absolute atomic E-state index is 0.0117. The third-order valence-electron chi connectivity index (χ3n) is 7.69. The van der Waals surface area contributed by atoms with Gasteiger partial charge in [-0.3, -0.25) is 19.3 Å². The van der Waals surface area contributed by atoms with E-state index in [1.165, 1.54) is 24.2 Å². The van der Waals surface area contributed by atoms with Crippen LogP contribution in [0.3, 0.4) is 0 Å². The SMILES string of the molecule is CC(=O)N1CCCCCCCN(CC(C)C)Cc2cc(C(=O)N(CC(=O)O)CC3CCCCC3)ccc21. The molecule has 7 heteroatoms. The number of fused-ring (bicyclic) bond motifs is 1. The lowest BCUT2D eigenvalue weighted by atomic mass is 9.89. The number of amides is 2. The zero-order valence-electron chi connectivity index (χ0n) is 23.2. The van der Waals surface area contributed by atoms with Gasteiger partial charge in [-0.2, -0.15) is 0 Å². The maximum Gasteiger partial charge on any atom is 0.323 e. The van der Waals surface area contributed by atoms with Gasteiger partial charge < -0.3 is 14.9 Å². The number of hydrogen-bond donors (Lipinski definition) is 1. The molecule has 1 aromatic carbocycles. The first-order valence-electron chi connectivity index (χ1n) is 14.4. The summed E-state index contributed by atoms with van der Waals surface area (Å²) in [4.78, 5) is 43.8. The molecule has 0 spiro atoms. The minimum atomic E-state index is -0.985. The van der Waals surface area contributed by atoms with Crippen molar-refractivity contribution in [1.29, 1.82) is 0 Å². The van der Waals surface area contributed by atoms with Crippen molar-refractivity contribution in [2.45, 2.75) is 91.5 Å². The predicted molar refractivity (Wildman–Crippen MR) is 148 cm³/mol. The Kier molecular flexibility index (Phi) is 11.4. The van der Waals surface area contributed by atoms with Crippen LogP contribution in [0.4, 0.5) is 5.69 Å². The number of rotatable bonds is 7. The molecule has 2 amide bonds. The molecule has 0 atom stereocenters. The molecule has 1 N–H and O–H groups in total. The van der Waals surface area contributed by atoms with Gasteiger partial charge in [0.1, 0.15) is 6.54 Å². The van der Waals surface area contributed by atoms with Gasteiger partial charge in [0.05, 0.1) is 0 Å². The van der Waals surface area contributed by atoms with Crippen molar-refractivity contribution in [2.24, 2.45) is 11.8 Å². The third kappa shape index (κ3) is 9.13. The molecule has 1 saturated carbocycles. The van der Waals surface area contributed by atoms with E-state index in [-0.39, 0.29) is 18.4 Å². The Morgan fingerprint density at radius 2 is 1.62 bits per heavy atom. The number of aliphatic carboxylic acids is 1. The molecule has 206 valence electrons. The summed E-state index contributed by atoms with van der Waals surface area (Å²) >= 11 is 0. The highest BCUT2D eigenvalue weighted by molar-refractivity contribution is 5.98. The van der Waals surface area contributed by atoms with Crippen molar-refractivity contribution in [3.8, 4) is 0 Å². The second-order valence-corrected chi connectivity index (χ2v) is 11.5. The molecule has 0 saturated heterocycles. The Balaban J connectivity index is 1.95. The molecule has 7 nitrogen and oxygen atoms in total. The summed E-state index contributed by atoms with van der Waals surface area (Å²) in [5.74, 6) is -0.340. The highest BCUT2D eigenvalue weighted by Crippen LogP contribution is 2.28. The van der Waals surface area contributed by atoms with Gasteiger partial charge in [-0.15, -0.1) is 0 Å². The topological polar surface area (TPSA) is 81.2 Å². The monoisotopic (exact) mass is 513 g/mol. The van der Waals surface area contributed by atoms with Crippen LogP contribution in [-0.2, 0) is 16.1 Å². The van der Waals surface area contributed by atoms with E-state index in [1.807, 2.05) is 17.0 Å². The number of carboxylic acids is 1. The summed E-state index contributed by atoms with van der Waals surface area (Å²) in [5, 5.41) is 9.55. The van der Waals surface area contributed by atoms with Gasteiger partial charge in [-0.1, -0.05) is 52.4 Å². The van der Waals surface area contributed by atoms with Crippen LogP contribution in [0.1, 0.15) is 101 Å². The van der Waals surface area contributed by atoms with E-state index in [0.717, 1.165) is 69.3 Å². The molecule has 1 aliphatic heterocycles. The van der Waals surface area contributed by atoms with Crippen molar-refractivity contribution in [2.75, 3.05) is 37.6 Å². The summed E-state index contributed by atoms with van der Waals surface area (Å²) in [6.07, 6.45) is 11.2. The van der Waals surface area contributed by atoms with Crippen molar-refractivity contribution in [3.63, 3.8) is 0 Å². The largest absolute Gasteiger partial charge is 0.480 e. The molecule has 3 rings (SSSR count). The lowest BCUT2D eigenvalue weighted by molar-refractivity contribution is -0.137. The van der Waals surface area contributed by atoms with Crippen LogP contribution < -0.4 is 4.90 Å². The molecule has 1 aromatic rings. The molecular formula is C30H47N3O4. The van der Waals surface area contributed by atoms with Gasteiger partial charge in [0.2, 0.25) is 5.91 Å². The second-order valence-electron chi connectivity index (χ2n) is 11.5. The normalized spacial score (nSPS) is 18.5. The average molecular weight is 514 g/mol. The van der Waals surface area contributed by atoms with Crippen LogP contribution in [0.15, 0.2) is 18.2 Å². The van der Waals surface area contributed by atoms with Crippen molar-refractivity contribution >= 4 is 23.5 Å². The lowest BCUT2D eigenvalue weighted by Crippen LogP contribution is -2.40. The summed E-state index contributed by atoms with van der Waals surface area (Å²) < 4.78 is 0. The molecule has 1 aliphatic carbocycles. The van der Waals surface area contributed by atoms with Crippen molar-refractivity contribution < 1.29 is 19.5 Å². The van der Waals surface area contributed by atoms with Gasteiger partial charge in [-0.05, 0) is 67.8 Å². The Morgan fingerprint density at radius 3 is 2.27 bits per heavy atom. The van der Waals surface area contributed by atoms with E-state index in [9.17, 15) is 19.5 Å². The van der Waals surface area contributed by atoms with Crippen LogP contribution >= 0.6 is 0 Å². The number of hydrogen-bond acceptors (Lipinski definition) is 4. The van der Waals surface area contributed by atoms with Gasteiger partial charge >= 0.3 is 5.97 Å². The first-order chi connectivity index (χ1) is 17.7. The van der Waals surface area contributed by atoms with Crippen LogP contribution in [0.2, 0.25) is 0 Å². The van der Waals surface area contributed by atoms with Crippen molar-refractivity contribution in [1.82, 2.24) is 9.80 Å². The highest BCUT2D eigenvalue weighted by atomic mass is 16.4. The quantitative estimate of drug-likeness (QED) is 0.516. The summed E-state index contributed by atoms with van der Waals surface area (Å²) in [6.45, 7) is 9.52. The number of carbonyl (C=O) groups excluding carboxylic acids is 2. The number of benzene rings is 1. The first-order valence-corrected chi connectivity index (χ1v) is 14.4. The Hall–Kier alpha value is -2.41. The van der Waals surface area contributed by atoms with E-state index in [0.29, 0.717) is 37.0 Å². The smallest absolute Gasteiger partial charge is 0.323 e. The minimum Gasteiger partial charge on any atom is -0.480 e. The molecule has 2 aliphatic rings. The third-order valence-corrected chi connectivity index (χ3v) is 7.69. The van der Waals surface area contributed by atoms with Crippen molar-refractivity contribution in [3.05, 3.63) is 29.3 Å². The van der Waals surface area contributed by atoms with Gasteiger partial charge in [0.15, 0.2) is 0 Å². The zero-order chi connectivity index (χ0) is 26.8. The van der Waals surface area contributed by atoms with E-state index in [1.54, 1.807) is 13.0 Å². The molecule has 0 unspecified atom stereocenters. The fraction of sp³-hybridized carbons (Fsp3) is 0.700. The fourth-order valence-corrected chi connectivity index (χ4v) is 5.93. The second kappa shape index (κ2) is 14.5. The Labute approximate surface area is 223 Å². The number of anilines is 1. The first kappa shape index (κ1) is 29.2. The van der Waals surface area contributed by atoms with Gasteiger partial charge in [0, 0.05) is 44.4 Å². The molecule has 0 bridgehead atoms. The average Bonchev–Trinajstić information content (AvgIpc) is 2.84. The molecule has 0 radical (unpaired) electrons. The maximum atomic E-state index is 13.7. The van der Waals surface area contributed by atoms with E-state index < -0.39 is 5.97 Å². The van der Waals surface area contributed by atoms with E-state index >= 15 is 0 Å². The lowest BCUT2D eigenvalue weighted by Gasteiger charge is -2.31. The summed E-state index contributed by atoms with van der Waals surface area (Å²) in [7, 11) is 0. The van der Waals surface area contributed by atoms with E-state index in [4.69, 9.17) is 0 Å². The van der Waals surface area contributed by atoms with Crippen LogP contribution in [0.25, 0.3) is 0 Å². The standard InChI is InChI=1S/C30H47N3O4/c1-23(2)19-31-16-10-5-4-6-11-17-33(24(3)34)28-15-14-26(18-27(28)21-31)30(37)32(22-29(35)36)20-25-12-8-7-9-13-25/h14-15,18,23,25H,4-13,16-17,19-22H2,1-3H3,(H,35,36). The maximum absolute atomic E-state index is 13.7. The van der Waals surface area contributed by atoms with Crippen LogP contribution in [0.5, 0.6) is 0 Å². The van der Waals surface area contributed by atoms with Gasteiger partial charge in [-0.25, -0.2) is 0 Å². The molecular weight excluding hydrogens is 466 g/mol. The number of carboxylic acid groups (broad SMARTS) is 1. The van der Waals surface area contributed by atoms with Crippen LogP contribution in [0, 0.1) is 11.8 Å². The summed E-state index contributed by atoms with van der Waals surface area (Å²) in [6, 6.07) is 5.61.